The molecule has 0 amide bonds. The fraction of sp³-hybridized carbons (Fsp3) is 0.727. The van der Waals surface area contributed by atoms with Crippen molar-refractivity contribution in [2.45, 2.75) is 39.2 Å². The molecule has 1 unspecified atom stereocenters. The largest absolute Gasteiger partial charge is 0.491 e. The highest BCUT2D eigenvalue weighted by atomic mass is 19.4. The van der Waals surface area contributed by atoms with E-state index in [-0.39, 0.29) is 0 Å². The second-order valence-corrected chi connectivity index (χ2v) is 3.95. The Morgan fingerprint density at radius 1 is 1.28 bits per heavy atom. The minimum Gasteiger partial charge on any atom is -0.416 e. The number of halogens is 3. The highest BCUT2D eigenvalue weighted by Gasteiger charge is 2.44. The normalized spacial score (nSPS) is 19.5. The number of alkyl halides is 3. The fourth-order valence-corrected chi connectivity index (χ4v) is 1.59. The number of rotatable bonds is 5. The third kappa shape index (κ3) is 3.54. The van der Waals surface area contributed by atoms with Gasteiger partial charge in [0.2, 0.25) is 0 Å². The first-order valence-electron chi connectivity index (χ1n) is 5.87. The second kappa shape index (κ2) is 5.97. The van der Waals surface area contributed by atoms with Gasteiger partial charge in [0.15, 0.2) is 0 Å². The average molecular weight is 266 g/mol. The van der Waals surface area contributed by atoms with E-state index in [0.29, 0.717) is 13.1 Å². The Balaban J connectivity index is 2.65. The van der Waals surface area contributed by atoms with Gasteiger partial charge >= 0.3 is 12.1 Å². The van der Waals surface area contributed by atoms with Gasteiger partial charge in [-0.3, -0.25) is 0 Å². The van der Waals surface area contributed by atoms with Crippen LogP contribution in [-0.2, 0) is 9.53 Å². The Morgan fingerprint density at radius 2 is 1.89 bits per heavy atom. The number of hydrogen-bond acceptors (Lipinski definition) is 4. The Hall–Kier alpha value is -1.40. The van der Waals surface area contributed by atoms with Crippen molar-refractivity contribution in [2.75, 3.05) is 13.1 Å². The summed E-state index contributed by atoms with van der Waals surface area (Å²) < 4.78 is 41.1. The lowest BCUT2D eigenvalue weighted by Gasteiger charge is -2.31. The molecular formula is C11H17F3N2O2. The standard InChI is InChI=1S/C11H17F3N2O2/c1-3-5-6-16-8-7-15(4-2)10(16)18-9(17)11(12,13)14/h7-8,10H,3-6H2,1-2H3. The van der Waals surface area contributed by atoms with E-state index in [9.17, 15) is 18.0 Å². The van der Waals surface area contributed by atoms with Gasteiger partial charge in [-0.05, 0) is 13.3 Å². The molecule has 0 spiro atoms. The zero-order valence-electron chi connectivity index (χ0n) is 10.4. The molecule has 7 heteroatoms. The van der Waals surface area contributed by atoms with Crippen molar-refractivity contribution in [3.63, 3.8) is 0 Å². The molecule has 0 saturated heterocycles. The van der Waals surface area contributed by atoms with Crippen molar-refractivity contribution in [3.05, 3.63) is 12.4 Å². The van der Waals surface area contributed by atoms with Crippen LogP contribution in [0.25, 0.3) is 0 Å². The minimum absolute atomic E-state index is 0.467. The van der Waals surface area contributed by atoms with Crippen LogP contribution in [0.15, 0.2) is 12.4 Å². The molecule has 0 saturated carbocycles. The first-order valence-corrected chi connectivity index (χ1v) is 5.87. The summed E-state index contributed by atoms with van der Waals surface area (Å²) in [6.45, 7) is 4.78. The Bertz CT molecular complexity index is 318. The van der Waals surface area contributed by atoms with Gasteiger partial charge in [0.05, 0.1) is 0 Å². The SMILES string of the molecule is CCCCN1C=CN(CC)C1OC(=O)C(F)(F)F. The number of hydrogen-bond donors (Lipinski definition) is 0. The molecule has 1 heterocycles. The highest BCUT2D eigenvalue weighted by molar-refractivity contribution is 5.75. The first-order chi connectivity index (χ1) is 8.40. The van der Waals surface area contributed by atoms with E-state index in [4.69, 9.17) is 0 Å². The predicted octanol–water partition coefficient (Wildman–Crippen LogP) is 2.28. The molecule has 0 aromatic carbocycles. The molecule has 104 valence electrons. The van der Waals surface area contributed by atoms with Crippen LogP contribution in [0, 0.1) is 0 Å². The van der Waals surface area contributed by atoms with Crippen LogP contribution in [0.5, 0.6) is 0 Å². The number of unbranched alkanes of at least 4 members (excludes halogenated alkanes) is 1. The summed E-state index contributed by atoms with van der Waals surface area (Å²) in [6, 6.07) is 0. The molecule has 18 heavy (non-hydrogen) atoms. The number of carbonyl (C=O) groups is 1. The highest BCUT2D eigenvalue weighted by Crippen LogP contribution is 2.23. The zero-order valence-corrected chi connectivity index (χ0v) is 10.4. The van der Waals surface area contributed by atoms with Gasteiger partial charge in [-0.2, -0.15) is 13.2 Å². The van der Waals surface area contributed by atoms with Crippen molar-refractivity contribution in [3.8, 4) is 0 Å². The van der Waals surface area contributed by atoms with Crippen LogP contribution in [0.2, 0.25) is 0 Å². The maximum absolute atomic E-state index is 12.2. The minimum atomic E-state index is -4.96. The molecule has 0 fully saturated rings. The number of esters is 1. The molecular weight excluding hydrogens is 249 g/mol. The van der Waals surface area contributed by atoms with E-state index >= 15 is 0 Å². The summed E-state index contributed by atoms with van der Waals surface area (Å²) in [5, 5.41) is 0. The molecule has 0 bridgehead atoms. The lowest BCUT2D eigenvalue weighted by atomic mass is 10.3. The smallest absolute Gasteiger partial charge is 0.416 e. The maximum Gasteiger partial charge on any atom is 0.491 e. The molecule has 1 rings (SSSR count). The van der Waals surface area contributed by atoms with E-state index in [1.807, 2.05) is 6.92 Å². The molecule has 0 N–H and O–H groups in total. The maximum atomic E-state index is 12.2. The molecule has 0 aliphatic carbocycles. The molecule has 0 aromatic heterocycles. The third-order valence-corrected chi connectivity index (χ3v) is 2.60. The summed E-state index contributed by atoms with van der Waals surface area (Å²) in [5.41, 5.74) is 0. The molecule has 1 aliphatic heterocycles. The lowest BCUT2D eigenvalue weighted by molar-refractivity contribution is -0.219. The Morgan fingerprint density at radius 3 is 2.39 bits per heavy atom. The van der Waals surface area contributed by atoms with Gasteiger partial charge in [-0.15, -0.1) is 0 Å². The zero-order chi connectivity index (χ0) is 13.8. The fourth-order valence-electron chi connectivity index (χ4n) is 1.59. The summed E-state index contributed by atoms with van der Waals surface area (Å²) in [6.07, 6.45) is -0.940. The topological polar surface area (TPSA) is 32.8 Å². The van der Waals surface area contributed by atoms with Crippen molar-refractivity contribution >= 4 is 5.97 Å². The van der Waals surface area contributed by atoms with E-state index in [2.05, 4.69) is 4.74 Å². The average Bonchev–Trinajstić information content (AvgIpc) is 2.67. The second-order valence-electron chi connectivity index (χ2n) is 3.95. The monoisotopic (exact) mass is 266 g/mol. The summed E-state index contributed by atoms with van der Waals surface area (Å²) in [5.74, 6) is -2.16. The van der Waals surface area contributed by atoms with Gasteiger partial charge in [-0.1, -0.05) is 13.3 Å². The number of carbonyl (C=O) groups excluding carboxylic acids is 1. The van der Waals surface area contributed by atoms with Gasteiger partial charge in [0, 0.05) is 25.5 Å². The van der Waals surface area contributed by atoms with Crippen LogP contribution in [0.1, 0.15) is 26.7 Å². The molecule has 4 nitrogen and oxygen atoms in total. The summed E-state index contributed by atoms with van der Waals surface area (Å²) in [7, 11) is 0. The summed E-state index contributed by atoms with van der Waals surface area (Å²) >= 11 is 0. The van der Waals surface area contributed by atoms with Gasteiger partial charge < -0.3 is 14.5 Å². The quantitative estimate of drug-likeness (QED) is 0.715. The van der Waals surface area contributed by atoms with Gasteiger partial charge in [-0.25, -0.2) is 4.79 Å². The van der Waals surface area contributed by atoms with Crippen molar-refractivity contribution in [1.29, 1.82) is 0 Å². The van der Waals surface area contributed by atoms with Crippen LogP contribution in [-0.4, -0.2) is 41.4 Å². The van der Waals surface area contributed by atoms with E-state index in [0.717, 1.165) is 12.8 Å². The first kappa shape index (κ1) is 14.7. The van der Waals surface area contributed by atoms with E-state index in [1.165, 1.54) is 0 Å². The summed E-state index contributed by atoms with van der Waals surface area (Å²) in [4.78, 5) is 14.0. The molecule has 0 radical (unpaired) electrons. The van der Waals surface area contributed by atoms with Crippen LogP contribution < -0.4 is 0 Å². The number of ether oxygens (including phenoxy) is 1. The van der Waals surface area contributed by atoms with Gasteiger partial charge in [0.25, 0.3) is 6.35 Å². The number of nitrogens with zero attached hydrogens (tertiary/aromatic N) is 2. The van der Waals surface area contributed by atoms with Gasteiger partial charge in [0.1, 0.15) is 0 Å². The molecule has 1 atom stereocenters. The van der Waals surface area contributed by atoms with Crippen molar-refractivity contribution < 1.29 is 22.7 Å². The van der Waals surface area contributed by atoms with Crippen molar-refractivity contribution in [1.82, 2.24) is 9.80 Å². The predicted molar refractivity (Wildman–Crippen MR) is 59.1 cm³/mol. The lowest BCUT2D eigenvalue weighted by Crippen LogP contribution is -2.45. The van der Waals surface area contributed by atoms with Crippen molar-refractivity contribution in [2.24, 2.45) is 0 Å². The van der Waals surface area contributed by atoms with E-state index in [1.54, 1.807) is 29.1 Å². The Labute approximate surface area is 104 Å². The molecule has 0 aromatic rings. The molecule has 1 aliphatic rings. The van der Waals surface area contributed by atoms with E-state index < -0.39 is 18.5 Å². The van der Waals surface area contributed by atoms with Crippen LogP contribution in [0.4, 0.5) is 13.2 Å². The third-order valence-electron chi connectivity index (χ3n) is 2.60. The van der Waals surface area contributed by atoms with Crippen LogP contribution >= 0.6 is 0 Å². The van der Waals surface area contributed by atoms with Crippen LogP contribution in [0.3, 0.4) is 0 Å². The Kier molecular flexibility index (Phi) is 4.86.